The molecule has 0 spiro atoms. The highest BCUT2D eigenvalue weighted by molar-refractivity contribution is 5.90. The minimum atomic E-state index is -0.466. The fourth-order valence-corrected chi connectivity index (χ4v) is 2.56. The summed E-state index contributed by atoms with van der Waals surface area (Å²) in [6, 6.07) is 25.3. The average Bonchev–Trinajstić information content (AvgIpc) is 2.72. The smallest absolute Gasteiger partial charge is 0.269 e. The van der Waals surface area contributed by atoms with E-state index in [-0.39, 0.29) is 5.69 Å². The van der Waals surface area contributed by atoms with Crippen LogP contribution < -0.4 is 4.74 Å². The topological polar surface area (TPSA) is 76.2 Å². The standard InChI is InChI=1S/C22H16N2O3/c23-15-20(18-10-12-21(13-11-18)24(25)26)14-19-8-4-5-9-22(19)27-16-17-6-2-1-3-7-17/h1-14H,16H2/b20-14+. The first kappa shape index (κ1) is 17.9. The average molecular weight is 356 g/mol. The van der Waals surface area contributed by atoms with Gasteiger partial charge in [-0.05, 0) is 35.4 Å². The van der Waals surface area contributed by atoms with Crippen molar-refractivity contribution in [1.82, 2.24) is 0 Å². The lowest BCUT2D eigenvalue weighted by atomic mass is 10.0. The predicted octanol–water partition coefficient (Wildman–Crippen LogP) is 5.24. The maximum absolute atomic E-state index is 10.8. The van der Waals surface area contributed by atoms with Crippen molar-refractivity contribution in [3.8, 4) is 11.8 Å². The van der Waals surface area contributed by atoms with Crippen LogP contribution in [-0.4, -0.2) is 4.92 Å². The summed E-state index contributed by atoms with van der Waals surface area (Å²) in [6.45, 7) is 0.422. The van der Waals surface area contributed by atoms with Crippen molar-refractivity contribution in [2.24, 2.45) is 0 Å². The number of nitro benzene ring substituents is 1. The fraction of sp³-hybridized carbons (Fsp3) is 0.0455. The van der Waals surface area contributed by atoms with Crippen LogP contribution >= 0.6 is 0 Å². The summed E-state index contributed by atoms with van der Waals surface area (Å²) in [5.41, 5.74) is 2.82. The van der Waals surface area contributed by atoms with Gasteiger partial charge in [0.25, 0.3) is 5.69 Å². The molecule has 0 saturated carbocycles. The Balaban J connectivity index is 1.86. The monoisotopic (exact) mass is 356 g/mol. The van der Waals surface area contributed by atoms with Gasteiger partial charge in [-0.15, -0.1) is 0 Å². The molecule has 3 aromatic rings. The number of benzene rings is 3. The quantitative estimate of drug-likeness (QED) is 0.262. The Morgan fingerprint density at radius 3 is 2.33 bits per heavy atom. The van der Waals surface area contributed by atoms with Crippen LogP contribution in [0, 0.1) is 21.4 Å². The van der Waals surface area contributed by atoms with Crippen LogP contribution in [0.3, 0.4) is 0 Å². The lowest BCUT2D eigenvalue weighted by Crippen LogP contribution is -1.96. The Bertz CT molecular complexity index is 1000. The molecule has 0 unspecified atom stereocenters. The number of hydrogen-bond donors (Lipinski definition) is 0. The SMILES string of the molecule is N#C/C(=C\c1ccccc1OCc1ccccc1)c1ccc([N+](=O)[O-])cc1. The first-order valence-corrected chi connectivity index (χ1v) is 8.30. The zero-order valence-electron chi connectivity index (χ0n) is 14.4. The molecule has 0 aromatic heterocycles. The molecule has 5 nitrogen and oxygen atoms in total. The second-order valence-electron chi connectivity index (χ2n) is 5.79. The van der Waals surface area contributed by atoms with Gasteiger partial charge in [0.1, 0.15) is 12.4 Å². The molecular weight excluding hydrogens is 340 g/mol. The maximum Gasteiger partial charge on any atom is 0.269 e. The molecule has 0 fully saturated rings. The molecule has 0 heterocycles. The first-order chi connectivity index (χ1) is 13.2. The Hall–Kier alpha value is -3.91. The molecular formula is C22H16N2O3. The Morgan fingerprint density at radius 1 is 1.00 bits per heavy atom. The second kappa shape index (κ2) is 8.45. The molecule has 0 bridgehead atoms. The van der Waals surface area contributed by atoms with Crippen LogP contribution in [0.4, 0.5) is 5.69 Å². The highest BCUT2D eigenvalue weighted by Crippen LogP contribution is 2.26. The van der Waals surface area contributed by atoms with Crippen molar-refractivity contribution in [1.29, 1.82) is 5.26 Å². The van der Waals surface area contributed by atoms with E-state index in [1.54, 1.807) is 18.2 Å². The molecule has 0 atom stereocenters. The number of non-ortho nitro benzene ring substituents is 1. The summed E-state index contributed by atoms with van der Waals surface area (Å²) in [4.78, 5) is 10.3. The summed E-state index contributed by atoms with van der Waals surface area (Å²) in [7, 11) is 0. The lowest BCUT2D eigenvalue weighted by Gasteiger charge is -2.10. The molecule has 132 valence electrons. The summed E-state index contributed by atoms with van der Waals surface area (Å²) in [5, 5.41) is 20.3. The molecule has 5 heteroatoms. The van der Waals surface area contributed by atoms with Crippen molar-refractivity contribution >= 4 is 17.3 Å². The fourth-order valence-electron chi connectivity index (χ4n) is 2.56. The third-order valence-corrected chi connectivity index (χ3v) is 3.97. The predicted molar refractivity (Wildman–Crippen MR) is 104 cm³/mol. The zero-order valence-corrected chi connectivity index (χ0v) is 14.4. The summed E-state index contributed by atoms with van der Waals surface area (Å²) < 4.78 is 5.91. The second-order valence-corrected chi connectivity index (χ2v) is 5.79. The van der Waals surface area contributed by atoms with Gasteiger partial charge in [-0.1, -0.05) is 48.5 Å². The van der Waals surface area contributed by atoms with Crippen LogP contribution in [0.25, 0.3) is 11.6 Å². The van der Waals surface area contributed by atoms with Crippen molar-refractivity contribution in [3.05, 3.63) is 106 Å². The van der Waals surface area contributed by atoms with E-state index in [2.05, 4.69) is 6.07 Å². The summed E-state index contributed by atoms with van der Waals surface area (Å²) >= 11 is 0. The van der Waals surface area contributed by atoms with Crippen molar-refractivity contribution in [3.63, 3.8) is 0 Å². The molecule has 0 aliphatic rings. The van der Waals surface area contributed by atoms with Gasteiger partial charge in [0.15, 0.2) is 0 Å². The van der Waals surface area contributed by atoms with Gasteiger partial charge < -0.3 is 4.74 Å². The van der Waals surface area contributed by atoms with E-state index in [4.69, 9.17) is 4.74 Å². The number of para-hydroxylation sites is 1. The Morgan fingerprint density at radius 2 is 1.67 bits per heavy atom. The third kappa shape index (κ3) is 4.59. The van der Waals surface area contributed by atoms with E-state index in [0.717, 1.165) is 11.1 Å². The lowest BCUT2D eigenvalue weighted by molar-refractivity contribution is -0.384. The molecule has 0 radical (unpaired) electrons. The van der Waals surface area contributed by atoms with Crippen molar-refractivity contribution < 1.29 is 9.66 Å². The summed E-state index contributed by atoms with van der Waals surface area (Å²) in [5.74, 6) is 0.663. The first-order valence-electron chi connectivity index (χ1n) is 8.30. The van der Waals surface area contributed by atoms with E-state index in [0.29, 0.717) is 23.5 Å². The van der Waals surface area contributed by atoms with E-state index in [9.17, 15) is 15.4 Å². The van der Waals surface area contributed by atoms with Gasteiger partial charge in [-0.2, -0.15) is 5.26 Å². The van der Waals surface area contributed by atoms with Crippen LogP contribution in [0.5, 0.6) is 5.75 Å². The molecule has 27 heavy (non-hydrogen) atoms. The van der Waals surface area contributed by atoms with E-state index in [1.165, 1.54) is 12.1 Å². The van der Waals surface area contributed by atoms with Gasteiger partial charge in [-0.25, -0.2) is 0 Å². The number of nitro groups is 1. The van der Waals surface area contributed by atoms with Gasteiger partial charge in [0.2, 0.25) is 0 Å². The number of allylic oxidation sites excluding steroid dienone is 1. The van der Waals surface area contributed by atoms with Crippen LogP contribution in [0.2, 0.25) is 0 Å². The van der Waals surface area contributed by atoms with Crippen molar-refractivity contribution in [2.75, 3.05) is 0 Å². The Labute approximate surface area is 156 Å². The van der Waals surface area contributed by atoms with Gasteiger partial charge in [0.05, 0.1) is 16.6 Å². The zero-order chi connectivity index (χ0) is 19.1. The van der Waals surface area contributed by atoms with E-state index >= 15 is 0 Å². The molecule has 3 rings (SSSR count). The Kier molecular flexibility index (Phi) is 5.60. The largest absolute Gasteiger partial charge is 0.488 e. The van der Waals surface area contributed by atoms with Crippen molar-refractivity contribution in [2.45, 2.75) is 6.61 Å². The number of rotatable bonds is 6. The van der Waals surface area contributed by atoms with Gasteiger partial charge in [0, 0.05) is 17.7 Å². The molecule has 0 amide bonds. The van der Waals surface area contributed by atoms with Gasteiger partial charge in [-0.3, -0.25) is 10.1 Å². The number of hydrogen-bond acceptors (Lipinski definition) is 4. The van der Waals surface area contributed by atoms with E-state index in [1.807, 2.05) is 54.6 Å². The van der Waals surface area contributed by atoms with Crippen LogP contribution in [0.15, 0.2) is 78.9 Å². The molecule has 0 aliphatic carbocycles. The third-order valence-electron chi connectivity index (χ3n) is 3.97. The van der Waals surface area contributed by atoms with Crippen LogP contribution in [0.1, 0.15) is 16.7 Å². The van der Waals surface area contributed by atoms with E-state index < -0.39 is 4.92 Å². The molecule has 0 saturated heterocycles. The molecule has 0 aliphatic heterocycles. The highest BCUT2D eigenvalue weighted by Gasteiger charge is 2.08. The molecule has 0 N–H and O–H groups in total. The number of nitrogens with zero attached hydrogens (tertiary/aromatic N) is 2. The number of nitriles is 1. The normalized spacial score (nSPS) is 10.9. The number of ether oxygens (including phenoxy) is 1. The van der Waals surface area contributed by atoms with Crippen LogP contribution in [-0.2, 0) is 6.61 Å². The van der Waals surface area contributed by atoms with Gasteiger partial charge >= 0.3 is 0 Å². The highest BCUT2D eigenvalue weighted by atomic mass is 16.6. The summed E-state index contributed by atoms with van der Waals surface area (Å²) in [6.07, 6.45) is 1.72. The maximum atomic E-state index is 10.8. The minimum absolute atomic E-state index is 0.0114. The minimum Gasteiger partial charge on any atom is -0.488 e. The molecule has 3 aromatic carbocycles.